The molecule has 7 heteroatoms. The highest BCUT2D eigenvalue weighted by Gasteiger charge is 2.18. The van der Waals surface area contributed by atoms with Crippen molar-refractivity contribution in [2.24, 2.45) is 0 Å². The fourth-order valence-electron chi connectivity index (χ4n) is 1.99. The van der Waals surface area contributed by atoms with Crippen LogP contribution in [0.2, 0.25) is 0 Å². The van der Waals surface area contributed by atoms with Gasteiger partial charge in [0.05, 0.1) is 13.2 Å². The summed E-state index contributed by atoms with van der Waals surface area (Å²) in [6.45, 7) is 3.56. The summed E-state index contributed by atoms with van der Waals surface area (Å²) in [7, 11) is 1.26. The maximum atomic E-state index is 11.9. The van der Waals surface area contributed by atoms with Gasteiger partial charge in [-0.2, -0.15) is 0 Å². The molecule has 1 atom stereocenters. The van der Waals surface area contributed by atoms with Crippen molar-refractivity contribution in [1.29, 1.82) is 0 Å². The second-order valence-corrected chi connectivity index (χ2v) is 4.54. The third-order valence-corrected chi connectivity index (χ3v) is 3.26. The van der Waals surface area contributed by atoms with Gasteiger partial charge < -0.3 is 9.15 Å². The minimum absolute atomic E-state index is 0.0625. The molecule has 0 saturated heterocycles. The number of nitrogens with zero attached hydrogens (tertiary/aromatic N) is 1. The van der Waals surface area contributed by atoms with E-state index in [2.05, 4.69) is 9.72 Å². The molecule has 1 N–H and O–H groups in total. The van der Waals surface area contributed by atoms with Crippen LogP contribution in [0.3, 0.4) is 0 Å². The molecule has 0 spiro atoms. The molecule has 0 bridgehead atoms. The molecule has 0 radical (unpaired) electrons. The van der Waals surface area contributed by atoms with Crippen molar-refractivity contribution in [3.05, 3.63) is 56.3 Å². The molecule has 7 nitrogen and oxygen atoms in total. The van der Waals surface area contributed by atoms with Crippen molar-refractivity contribution in [2.75, 3.05) is 7.11 Å². The van der Waals surface area contributed by atoms with Gasteiger partial charge in [-0.1, -0.05) is 6.92 Å². The van der Waals surface area contributed by atoms with Gasteiger partial charge in [-0.3, -0.25) is 14.3 Å². The molecule has 0 amide bonds. The van der Waals surface area contributed by atoms with Crippen LogP contribution in [0.25, 0.3) is 0 Å². The van der Waals surface area contributed by atoms with E-state index in [0.29, 0.717) is 17.7 Å². The van der Waals surface area contributed by atoms with Crippen molar-refractivity contribution in [1.82, 2.24) is 9.55 Å². The number of rotatable bonds is 4. The summed E-state index contributed by atoms with van der Waals surface area (Å²) in [6, 6.07) is 2.62. The van der Waals surface area contributed by atoms with Crippen molar-refractivity contribution in [3.63, 3.8) is 0 Å². The molecule has 2 aromatic rings. The quantitative estimate of drug-likeness (QED) is 0.851. The predicted octanol–water partition coefficient (Wildman–Crippen LogP) is 1.09. The van der Waals surface area contributed by atoms with Gasteiger partial charge in [0.15, 0.2) is 0 Å². The first-order chi connectivity index (χ1) is 9.97. The Balaban J connectivity index is 2.42. The van der Waals surface area contributed by atoms with Crippen molar-refractivity contribution in [2.45, 2.75) is 26.3 Å². The highest BCUT2D eigenvalue weighted by molar-refractivity contribution is 5.86. The van der Waals surface area contributed by atoms with E-state index in [9.17, 15) is 14.4 Å². The number of hydrogen-bond donors (Lipinski definition) is 1. The number of hydrogen-bond acceptors (Lipinski definition) is 5. The van der Waals surface area contributed by atoms with Crippen LogP contribution in [0.4, 0.5) is 0 Å². The number of carbonyl (C=O) groups excluding carboxylic acids is 1. The number of furan rings is 1. The van der Waals surface area contributed by atoms with Crippen LogP contribution in [0.1, 0.15) is 41.8 Å². The molecule has 2 aromatic heterocycles. The number of methoxy groups -OCH3 is 1. The summed E-state index contributed by atoms with van der Waals surface area (Å²) < 4.78 is 11.3. The van der Waals surface area contributed by atoms with Gasteiger partial charge in [-0.15, -0.1) is 0 Å². The molecule has 0 aromatic carbocycles. The van der Waals surface area contributed by atoms with Gasteiger partial charge in [0, 0.05) is 11.8 Å². The summed E-state index contributed by atoms with van der Waals surface area (Å²) >= 11 is 0. The molecule has 112 valence electrons. The van der Waals surface area contributed by atoms with E-state index < -0.39 is 17.7 Å². The Kier molecular flexibility index (Phi) is 4.11. The second kappa shape index (κ2) is 5.82. The second-order valence-electron chi connectivity index (χ2n) is 4.54. The van der Waals surface area contributed by atoms with Crippen molar-refractivity contribution >= 4 is 5.97 Å². The third-order valence-electron chi connectivity index (χ3n) is 3.26. The SMILES string of the molecule is CCc1cn(C(C)c2ccc(C(=O)OC)o2)c(=O)[nH]c1=O. The Hall–Kier alpha value is -2.57. The Morgan fingerprint density at radius 3 is 2.76 bits per heavy atom. The van der Waals surface area contributed by atoms with E-state index in [-0.39, 0.29) is 11.3 Å². The number of carbonyl (C=O) groups is 1. The highest BCUT2D eigenvalue weighted by Crippen LogP contribution is 2.19. The number of aromatic amines is 1. The maximum Gasteiger partial charge on any atom is 0.373 e. The molecule has 2 heterocycles. The van der Waals surface area contributed by atoms with E-state index in [0.717, 1.165) is 0 Å². The fraction of sp³-hybridized carbons (Fsp3) is 0.357. The lowest BCUT2D eigenvalue weighted by molar-refractivity contribution is 0.0562. The summed E-state index contributed by atoms with van der Waals surface area (Å²) in [6.07, 6.45) is 2.01. The zero-order valence-electron chi connectivity index (χ0n) is 12.0. The molecule has 0 saturated carbocycles. The lowest BCUT2D eigenvalue weighted by Gasteiger charge is -2.13. The van der Waals surface area contributed by atoms with Crippen LogP contribution in [-0.2, 0) is 11.2 Å². The van der Waals surface area contributed by atoms with Gasteiger partial charge >= 0.3 is 11.7 Å². The molecular formula is C14H16N2O5. The first kappa shape index (κ1) is 14.8. The van der Waals surface area contributed by atoms with E-state index in [4.69, 9.17) is 4.42 Å². The smallest absolute Gasteiger partial charge is 0.373 e. The van der Waals surface area contributed by atoms with Crippen LogP contribution >= 0.6 is 0 Å². The first-order valence-corrected chi connectivity index (χ1v) is 6.50. The molecule has 21 heavy (non-hydrogen) atoms. The molecule has 0 aliphatic heterocycles. The Morgan fingerprint density at radius 1 is 1.43 bits per heavy atom. The average Bonchev–Trinajstić information content (AvgIpc) is 2.95. The minimum Gasteiger partial charge on any atom is -0.463 e. The summed E-state index contributed by atoms with van der Waals surface area (Å²) in [5, 5.41) is 0. The lowest BCUT2D eigenvalue weighted by atomic mass is 10.2. The highest BCUT2D eigenvalue weighted by atomic mass is 16.5. The Bertz CT molecular complexity index is 768. The zero-order chi connectivity index (χ0) is 15.6. The summed E-state index contributed by atoms with van der Waals surface area (Å²) in [5.74, 6) is -0.101. The van der Waals surface area contributed by atoms with Gasteiger partial charge in [0.1, 0.15) is 5.76 Å². The zero-order valence-corrected chi connectivity index (χ0v) is 12.0. The van der Waals surface area contributed by atoms with Crippen LogP contribution in [0.15, 0.2) is 32.3 Å². The lowest BCUT2D eigenvalue weighted by Crippen LogP contribution is -2.33. The molecule has 0 aliphatic carbocycles. The summed E-state index contributed by atoms with van der Waals surface area (Å²) in [5.41, 5.74) is -0.414. The Morgan fingerprint density at radius 2 is 2.14 bits per heavy atom. The van der Waals surface area contributed by atoms with Crippen LogP contribution in [0, 0.1) is 0 Å². The number of aryl methyl sites for hydroxylation is 1. The number of ether oxygens (including phenoxy) is 1. The monoisotopic (exact) mass is 292 g/mol. The van der Waals surface area contributed by atoms with Gasteiger partial charge in [-0.05, 0) is 25.5 Å². The Labute approximate surface area is 120 Å². The average molecular weight is 292 g/mol. The summed E-state index contributed by atoms with van der Waals surface area (Å²) in [4.78, 5) is 37.1. The van der Waals surface area contributed by atoms with Gasteiger partial charge in [-0.25, -0.2) is 9.59 Å². The van der Waals surface area contributed by atoms with Gasteiger partial charge in [0.2, 0.25) is 5.76 Å². The van der Waals surface area contributed by atoms with E-state index in [1.54, 1.807) is 13.0 Å². The van der Waals surface area contributed by atoms with Crippen LogP contribution in [-0.4, -0.2) is 22.6 Å². The van der Waals surface area contributed by atoms with E-state index in [1.807, 2.05) is 6.92 Å². The predicted molar refractivity (Wildman–Crippen MR) is 74.6 cm³/mol. The molecule has 0 aliphatic rings. The fourth-order valence-corrected chi connectivity index (χ4v) is 1.99. The van der Waals surface area contributed by atoms with Gasteiger partial charge in [0.25, 0.3) is 5.56 Å². The number of aromatic nitrogens is 2. The largest absolute Gasteiger partial charge is 0.463 e. The topological polar surface area (TPSA) is 94.3 Å². The molecule has 0 fully saturated rings. The molecule has 1 unspecified atom stereocenters. The van der Waals surface area contributed by atoms with Crippen LogP contribution in [0.5, 0.6) is 0 Å². The number of nitrogens with one attached hydrogen (secondary N) is 1. The van der Waals surface area contributed by atoms with E-state index in [1.165, 1.54) is 23.9 Å². The molecular weight excluding hydrogens is 276 g/mol. The van der Waals surface area contributed by atoms with Crippen molar-refractivity contribution in [3.8, 4) is 0 Å². The normalized spacial score (nSPS) is 12.1. The third kappa shape index (κ3) is 2.81. The number of esters is 1. The van der Waals surface area contributed by atoms with Crippen molar-refractivity contribution < 1.29 is 13.9 Å². The number of H-pyrrole nitrogens is 1. The maximum absolute atomic E-state index is 11.9. The molecule has 2 rings (SSSR count). The first-order valence-electron chi connectivity index (χ1n) is 6.50. The standard InChI is InChI=1S/C14H16N2O5/c1-4-9-7-16(14(19)15-12(9)17)8(2)10-5-6-11(21-10)13(18)20-3/h5-8H,4H2,1-3H3,(H,15,17,19). The van der Waals surface area contributed by atoms with Crippen LogP contribution < -0.4 is 11.2 Å². The minimum atomic E-state index is -0.587. The van der Waals surface area contributed by atoms with E-state index >= 15 is 0 Å².